The van der Waals surface area contributed by atoms with Crippen LogP contribution >= 0.6 is 0 Å². The lowest BCUT2D eigenvalue weighted by Gasteiger charge is -2.36. The number of hydrogen-bond donors (Lipinski definition) is 0. The highest BCUT2D eigenvalue weighted by Gasteiger charge is 2.37. The molecule has 138 valence electrons. The summed E-state index contributed by atoms with van der Waals surface area (Å²) in [6, 6.07) is 19.4. The average Bonchev–Trinajstić information content (AvgIpc) is 3.16. The van der Waals surface area contributed by atoms with Gasteiger partial charge in [-0.2, -0.15) is 4.31 Å². The third-order valence-electron chi connectivity index (χ3n) is 4.98. The molecule has 0 unspecified atom stereocenters. The van der Waals surface area contributed by atoms with Gasteiger partial charge in [-0.15, -0.1) is 0 Å². The van der Waals surface area contributed by atoms with Crippen LogP contribution in [0.3, 0.4) is 0 Å². The fraction of sp³-hybridized carbons (Fsp3) is 0.190. The number of carbonyl (C=O) groups excluding carboxylic acids is 1. The predicted molar refractivity (Wildman–Crippen MR) is 103 cm³/mol. The Bertz CT molecular complexity index is 1070. The van der Waals surface area contributed by atoms with E-state index in [4.69, 9.17) is 0 Å². The van der Waals surface area contributed by atoms with Crippen molar-refractivity contribution in [2.75, 3.05) is 6.54 Å². The first-order chi connectivity index (χ1) is 13.0. The zero-order valence-electron chi connectivity index (χ0n) is 14.9. The summed E-state index contributed by atoms with van der Waals surface area (Å²) < 4.78 is 30.5. The van der Waals surface area contributed by atoms with Crippen molar-refractivity contribution in [3.05, 3.63) is 89.7 Å². The van der Waals surface area contributed by atoms with E-state index in [1.54, 1.807) is 16.4 Å². The Labute approximate surface area is 158 Å². The van der Waals surface area contributed by atoms with Crippen molar-refractivity contribution in [2.45, 2.75) is 24.4 Å². The third kappa shape index (κ3) is 3.11. The molecule has 27 heavy (non-hydrogen) atoms. The molecule has 3 aromatic rings. The summed E-state index contributed by atoms with van der Waals surface area (Å²) in [7, 11) is -3.71. The maximum Gasteiger partial charge on any atom is 0.244 e. The van der Waals surface area contributed by atoms with Gasteiger partial charge in [0.2, 0.25) is 10.0 Å². The molecule has 1 aromatic heterocycles. The molecule has 1 atom stereocenters. The number of fused-ring (bicyclic) bond motifs is 1. The zero-order chi connectivity index (χ0) is 19.0. The summed E-state index contributed by atoms with van der Waals surface area (Å²) in [4.78, 5) is 11.7. The minimum absolute atomic E-state index is 0.0862. The molecular formula is C21H20N2O3S. The first kappa shape index (κ1) is 17.7. The molecule has 0 amide bonds. The largest absolute Gasteiger partial charge is 0.348 e. The van der Waals surface area contributed by atoms with Crippen LogP contribution < -0.4 is 0 Å². The molecule has 1 aliphatic rings. The van der Waals surface area contributed by atoms with Gasteiger partial charge in [-0.3, -0.25) is 4.79 Å². The van der Waals surface area contributed by atoms with Crippen molar-refractivity contribution in [2.24, 2.45) is 0 Å². The topological polar surface area (TPSA) is 59.4 Å². The molecule has 1 aliphatic heterocycles. The minimum Gasteiger partial charge on any atom is -0.348 e. The van der Waals surface area contributed by atoms with E-state index in [2.05, 4.69) is 4.57 Å². The molecule has 0 aliphatic carbocycles. The van der Waals surface area contributed by atoms with Crippen LogP contribution in [0, 0.1) is 0 Å². The van der Waals surface area contributed by atoms with Crippen LogP contribution in [0.1, 0.15) is 34.6 Å². The maximum atomic E-state index is 13.4. The zero-order valence-corrected chi connectivity index (χ0v) is 15.8. The highest BCUT2D eigenvalue weighted by molar-refractivity contribution is 7.89. The van der Waals surface area contributed by atoms with Crippen molar-refractivity contribution >= 4 is 15.8 Å². The van der Waals surface area contributed by atoms with Crippen molar-refractivity contribution in [3.63, 3.8) is 0 Å². The molecule has 0 radical (unpaired) electrons. The molecule has 4 rings (SSSR count). The minimum atomic E-state index is -3.71. The Morgan fingerprint density at radius 3 is 2.30 bits per heavy atom. The van der Waals surface area contributed by atoms with Crippen molar-refractivity contribution in [3.8, 4) is 0 Å². The second kappa shape index (κ2) is 6.79. The standard InChI is InChI=1S/C21H20N2O3S/c1-16(24)17-9-11-19(12-10-17)27(25,26)23-15-14-22-13-5-8-20(22)21(23)18-6-3-2-4-7-18/h2-13,21H,14-15H2,1H3/t21-/m0/s1. The van der Waals surface area contributed by atoms with Gasteiger partial charge in [0, 0.05) is 30.5 Å². The number of ketones is 1. The van der Waals surface area contributed by atoms with E-state index in [1.807, 2.05) is 48.7 Å². The maximum absolute atomic E-state index is 13.4. The van der Waals surface area contributed by atoms with E-state index in [0.717, 1.165) is 11.3 Å². The Hall–Kier alpha value is -2.70. The number of carbonyl (C=O) groups is 1. The van der Waals surface area contributed by atoms with Gasteiger partial charge in [0.05, 0.1) is 10.9 Å². The van der Waals surface area contributed by atoms with E-state index in [0.29, 0.717) is 18.7 Å². The molecule has 5 nitrogen and oxygen atoms in total. The van der Waals surface area contributed by atoms with Crippen LogP contribution in [-0.2, 0) is 16.6 Å². The van der Waals surface area contributed by atoms with Crippen LogP contribution in [0.2, 0.25) is 0 Å². The monoisotopic (exact) mass is 380 g/mol. The summed E-state index contributed by atoms with van der Waals surface area (Å²) in [5, 5.41) is 0. The van der Waals surface area contributed by atoms with E-state index in [1.165, 1.54) is 19.1 Å². The lowest BCUT2D eigenvalue weighted by Crippen LogP contribution is -2.42. The van der Waals surface area contributed by atoms with Crippen molar-refractivity contribution < 1.29 is 13.2 Å². The molecule has 0 bridgehead atoms. The van der Waals surface area contributed by atoms with Crippen LogP contribution in [-0.4, -0.2) is 29.6 Å². The summed E-state index contributed by atoms with van der Waals surface area (Å²) in [6.07, 6.45) is 1.98. The molecule has 0 N–H and O–H groups in total. The van der Waals surface area contributed by atoms with Crippen LogP contribution in [0.5, 0.6) is 0 Å². The normalized spacial score (nSPS) is 17.4. The molecule has 2 heterocycles. The van der Waals surface area contributed by atoms with Crippen molar-refractivity contribution in [1.29, 1.82) is 0 Å². The molecule has 0 saturated heterocycles. The first-order valence-corrected chi connectivity index (χ1v) is 10.3. The van der Waals surface area contributed by atoms with E-state index < -0.39 is 10.0 Å². The summed E-state index contributed by atoms with van der Waals surface area (Å²) in [5.74, 6) is -0.0862. The average molecular weight is 380 g/mol. The van der Waals surface area contributed by atoms with Gasteiger partial charge in [0.15, 0.2) is 5.78 Å². The number of nitrogens with zero attached hydrogens (tertiary/aromatic N) is 2. The van der Waals surface area contributed by atoms with Crippen LogP contribution in [0.4, 0.5) is 0 Å². The van der Waals surface area contributed by atoms with Crippen LogP contribution in [0.25, 0.3) is 0 Å². The third-order valence-corrected chi connectivity index (χ3v) is 6.86. The highest BCUT2D eigenvalue weighted by Crippen LogP contribution is 2.36. The lowest BCUT2D eigenvalue weighted by atomic mass is 10.0. The Balaban J connectivity index is 1.80. The lowest BCUT2D eigenvalue weighted by molar-refractivity contribution is 0.101. The van der Waals surface area contributed by atoms with Crippen LogP contribution in [0.15, 0.2) is 77.8 Å². The molecule has 0 fully saturated rings. The number of benzene rings is 2. The van der Waals surface area contributed by atoms with Crippen molar-refractivity contribution in [1.82, 2.24) is 8.87 Å². The summed E-state index contributed by atoms with van der Waals surface area (Å²) in [5.41, 5.74) is 2.39. The van der Waals surface area contributed by atoms with E-state index in [9.17, 15) is 13.2 Å². The summed E-state index contributed by atoms with van der Waals surface area (Å²) in [6.45, 7) is 2.46. The first-order valence-electron chi connectivity index (χ1n) is 8.81. The molecule has 0 saturated carbocycles. The number of sulfonamides is 1. The Kier molecular flexibility index (Phi) is 4.45. The molecular weight excluding hydrogens is 360 g/mol. The number of rotatable bonds is 4. The molecule has 2 aromatic carbocycles. The van der Waals surface area contributed by atoms with Gasteiger partial charge in [-0.25, -0.2) is 8.42 Å². The van der Waals surface area contributed by atoms with E-state index >= 15 is 0 Å². The highest BCUT2D eigenvalue weighted by atomic mass is 32.2. The van der Waals surface area contributed by atoms with Gasteiger partial charge < -0.3 is 4.57 Å². The quantitative estimate of drug-likeness (QED) is 0.651. The molecule has 0 spiro atoms. The summed E-state index contributed by atoms with van der Waals surface area (Å²) >= 11 is 0. The second-order valence-electron chi connectivity index (χ2n) is 6.64. The van der Waals surface area contributed by atoms with Gasteiger partial charge in [0.1, 0.15) is 0 Å². The van der Waals surface area contributed by atoms with Gasteiger partial charge in [0.25, 0.3) is 0 Å². The fourth-order valence-electron chi connectivity index (χ4n) is 3.59. The predicted octanol–water partition coefficient (Wildman–Crippen LogP) is 3.48. The Morgan fingerprint density at radius 1 is 0.926 bits per heavy atom. The van der Waals surface area contributed by atoms with E-state index in [-0.39, 0.29) is 16.7 Å². The number of aromatic nitrogens is 1. The van der Waals surface area contributed by atoms with Gasteiger partial charge >= 0.3 is 0 Å². The number of hydrogen-bond acceptors (Lipinski definition) is 3. The second-order valence-corrected chi connectivity index (χ2v) is 8.53. The fourth-order valence-corrected chi connectivity index (χ4v) is 5.17. The van der Waals surface area contributed by atoms with Gasteiger partial charge in [-0.05, 0) is 36.8 Å². The molecule has 6 heteroatoms. The smallest absolute Gasteiger partial charge is 0.244 e. The Morgan fingerprint density at radius 2 is 1.63 bits per heavy atom. The van der Waals surface area contributed by atoms with Gasteiger partial charge in [-0.1, -0.05) is 42.5 Å². The SMILES string of the molecule is CC(=O)c1ccc(S(=O)(=O)N2CCn3cccc3[C@@H]2c2ccccc2)cc1. The number of Topliss-reactive ketones (excluding diaryl/α,β-unsaturated/α-hetero) is 1.